The molecule has 172 valence electrons. The van der Waals surface area contributed by atoms with Crippen molar-refractivity contribution in [1.82, 2.24) is 0 Å². The van der Waals surface area contributed by atoms with E-state index >= 15 is 0 Å². The number of aromatic hydroxyl groups is 1. The van der Waals surface area contributed by atoms with Gasteiger partial charge in [-0.25, -0.2) is 0 Å². The van der Waals surface area contributed by atoms with Gasteiger partial charge in [-0.2, -0.15) is 0 Å². The van der Waals surface area contributed by atoms with Gasteiger partial charge >= 0.3 is 0 Å². The number of benzene rings is 4. The van der Waals surface area contributed by atoms with Crippen LogP contribution in [0.15, 0.2) is 126 Å². The lowest BCUT2D eigenvalue weighted by Crippen LogP contribution is -2.28. The van der Waals surface area contributed by atoms with Gasteiger partial charge < -0.3 is 5.11 Å². The zero-order valence-corrected chi connectivity index (χ0v) is 21.0. The number of phenolic OH excluding ortho intramolecular Hbond substituents is 1. The van der Waals surface area contributed by atoms with Crippen LogP contribution in [0.5, 0.6) is 5.75 Å². The van der Waals surface area contributed by atoms with Gasteiger partial charge in [0.15, 0.2) is 0 Å². The Balaban J connectivity index is 1.64. The molecule has 36 heavy (non-hydrogen) atoms. The van der Waals surface area contributed by atoms with Crippen molar-refractivity contribution in [1.29, 1.82) is 0 Å². The summed E-state index contributed by atoms with van der Waals surface area (Å²) in [5.74, 6) is 0.328. The Labute approximate surface area is 218 Å². The number of thiophene rings is 2. The molecule has 1 N–H and O–H groups in total. The van der Waals surface area contributed by atoms with Crippen LogP contribution in [0.3, 0.4) is 0 Å². The van der Waals surface area contributed by atoms with Gasteiger partial charge in [-0.3, -0.25) is 0 Å². The van der Waals surface area contributed by atoms with Crippen molar-refractivity contribution in [2.75, 3.05) is 0 Å². The molecule has 0 saturated carbocycles. The molecule has 1 aliphatic carbocycles. The highest BCUT2D eigenvalue weighted by Crippen LogP contribution is 2.59. The van der Waals surface area contributed by atoms with Crippen LogP contribution in [0.1, 0.15) is 22.3 Å². The van der Waals surface area contributed by atoms with Gasteiger partial charge in [0, 0.05) is 15.3 Å². The maximum absolute atomic E-state index is 11.5. The van der Waals surface area contributed by atoms with Crippen molar-refractivity contribution < 1.29 is 5.11 Å². The van der Waals surface area contributed by atoms with Gasteiger partial charge in [-0.15, -0.1) is 22.7 Å². The second-order valence-electron chi connectivity index (χ2n) is 9.11. The Hall–Kier alpha value is -3.92. The molecule has 0 unspecified atom stereocenters. The molecule has 1 nitrogen and oxygen atoms in total. The highest BCUT2D eigenvalue weighted by atomic mass is 32.1. The third kappa shape index (κ3) is 3.07. The zero-order chi connectivity index (χ0) is 24.1. The van der Waals surface area contributed by atoms with Crippen molar-refractivity contribution in [3.63, 3.8) is 0 Å². The minimum Gasteiger partial charge on any atom is -0.507 e. The Kier molecular flexibility index (Phi) is 4.95. The van der Waals surface area contributed by atoms with Crippen molar-refractivity contribution in [3.05, 3.63) is 148 Å². The minimum absolute atomic E-state index is 0.328. The van der Waals surface area contributed by atoms with E-state index < -0.39 is 5.41 Å². The number of rotatable bonds is 4. The second kappa shape index (κ2) is 8.34. The Bertz CT molecular complexity index is 1630. The van der Waals surface area contributed by atoms with Crippen LogP contribution >= 0.6 is 22.7 Å². The smallest absolute Gasteiger partial charge is 0.124 e. The summed E-state index contributed by atoms with van der Waals surface area (Å²) in [7, 11) is 0. The fourth-order valence-corrected chi connectivity index (χ4v) is 7.21. The Morgan fingerprint density at radius 1 is 0.528 bits per heavy atom. The predicted molar refractivity (Wildman–Crippen MR) is 152 cm³/mol. The maximum atomic E-state index is 11.5. The fourth-order valence-electron chi connectivity index (χ4n) is 5.77. The van der Waals surface area contributed by atoms with Crippen molar-refractivity contribution in [2.45, 2.75) is 5.41 Å². The highest BCUT2D eigenvalue weighted by molar-refractivity contribution is 7.13. The van der Waals surface area contributed by atoms with Crippen LogP contribution in [0.25, 0.3) is 32.0 Å². The van der Waals surface area contributed by atoms with Crippen LogP contribution in [0, 0.1) is 0 Å². The third-order valence-electron chi connectivity index (χ3n) is 7.24. The summed E-state index contributed by atoms with van der Waals surface area (Å²) in [4.78, 5) is 2.39. The SMILES string of the molecule is Oc1cc(-c2cccs2)cc2c1-c1ccc(-c3cccs3)cc1C2(c1ccccc1)c1ccccc1. The summed E-state index contributed by atoms with van der Waals surface area (Å²) in [6.07, 6.45) is 0. The average Bonchev–Trinajstić information content (AvgIpc) is 3.70. The molecule has 0 saturated heterocycles. The lowest BCUT2D eigenvalue weighted by molar-refractivity contribution is 0.477. The Morgan fingerprint density at radius 3 is 1.69 bits per heavy atom. The van der Waals surface area contributed by atoms with E-state index in [4.69, 9.17) is 0 Å². The highest BCUT2D eigenvalue weighted by Gasteiger charge is 2.47. The van der Waals surface area contributed by atoms with Crippen molar-refractivity contribution in [3.8, 4) is 37.8 Å². The standard InChI is InChI=1S/C33H22OS2/c34-29-21-23(31-14-8-18-36-31)20-28-32(29)26-16-15-22(30-13-7-17-35-30)19-27(26)33(28,24-9-3-1-4-10-24)25-11-5-2-6-12-25/h1-21,34H. The monoisotopic (exact) mass is 498 g/mol. The Morgan fingerprint density at radius 2 is 1.11 bits per heavy atom. The summed E-state index contributed by atoms with van der Waals surface area (Å²) in [6, 6.07) is 40.9. The zero-order valence-electron chi connectivity index (χ0n) is 19.4. The first-order valence-corrected chi connectivity index (χ1v) is 13.7. The molecule has 2 aromatic heterocycles. The summed E-state index contributed by atoms with van der Waals surface area (Å²) in [5, 5.41) is 15.8. The quantitative estimate of drug-likeness (QED) is 0.256. The second-order valence-corrected chi connectivity index (χ2v) is 11.0. The lowest BCUT2D eigenvalue weighted by Gasteiger charge is -2.34. The molecule has 3 heteroatoms. The van der Waals surface area contributed by atoms with Crippen LogP contribution in [-0.2, 0) is 5.41 Å². The molecule has 0 bridgehead atoms. The normalized spacial score (nSPS) is 13.3. The minimum atomic E-state index is -0.550. The van der Waals surface area contributed by atoms with E-state index in [0.29, 0.717) is 5.75 Å². The van der Waals surface area contributed by atoms with Gasteiger partial charge in [0.2, 0.25) is 0 Å². The van der Waals surface area contributed by atoms with Crippen LogP contribution in [0.2, 0.25) is 0 Å². The van der Waals surface area contributed by atoms with Gasteiger partial charge in [-0.1, -0.05) is 84.9 Å². The number of phenols is 1. The molecule has 6 aromatic rings. The van der Waals surface area contributed by atoms with Crippen molar-refractivity contribution >= 4 is 22.7 Å². The molecule has 0 atom stereocenters. The molecule has 7 rings (SSSR count). The molecule has 4 aromatic carbocycles. The maximum Gasteiger partial charge on any atom is 0.124 e. The largest absolute Gasteiger partial charge is 0.507 e. The first kappa shape index (κ1) is 21.4. The number of hydrogen-bond donors (Lipinski definition) is 1. The van der Waals surface area contributed by atoms with E-state index in [9.17, 15) is 5.11 Å². The van der Waals surface area contributed by atoms with E-state index in [1.165, 1.54) is 27.1 Å². The van der Waals surface area contributed by atoms with E-state index in [1.54, 1.807) is 22.7 Å². The van der Waals surface area contributed by atoms with E-state index in [-0.39, 0.29) is 0 Å². The number of fused-ring (bicyclic) bond motifs is 3. The van der Waals surface area contributed by atoms with E-state index in [2.05, 4.69) is 120 Å². The molecule has 0 aliphatic heterocycles. The van der Waals surface area contributed by atoms with Gasteiger partial charge in [0.05, 0.1) is 5.41 Å². The fraction of sp³-hybridized carbons (Fsp3) is 0.0303. The van der Waals surface area contributed by atoms with Crippen LogP contribution in [0.4, 0.5) is 0 Å². The summed E-state index contributed by atoms with van der Waals surface area (Å²) >= 11 is 3.45. The molecule has 1 aliphatic rings. The first-order valence-electron chi connectivity index (χ1n) is 12.0. The van der Waals surface area contributed by atoms with E-state index in [1.807, 2.05) is 6.07 Å². The van der Waals surface area contributed by atoms with Crippen LogP contribution < -0.4 is 0 Å². The summed E-state index contributed by atoms with van der Waals surface area (Å²) in [6.45, 7) is 0. The summed E-state index contributed by atoms with van der Waals surface area (Å²) in [5.41, 5.74) is 8.44. The van der Waals surface area contributed by atoms with Crippen molar-refractivity contribution in [2.24, 2.45) is 0 Å². The molecule has 0 radical (unpaired) electrons. The molecule has 2 heterocycles. The molecule has 0 spiro atoms. The number of hydrogen-bond acceptors (Lipinski definition) is 3. The average molecular weight is 499 g/mol. The molecule has 0 amide bonds. The van der Waals surface area contributed by atoms with E-state index in [0.717, 1.165) is 27.1 Å². The third-order valence-corrected chi connectivity index (χ3v) is 9.08. The van der Waals surface area contributed by atoms with Gasteiger partial charge in [0.25, 0.3) is 0 Å². The lowest BCUT2D eigenvalue weighted by atomic mass is 9.67. The summed E-state index contributed by atoms with van der Waals surface area (Å²) < 4.78 is 0. The first-order chi connectivity index (χ1) is 17.8. The van der Waals surface area contributed by atoms with Gasteiger partial charge in [0.1, 0.15) is 5.75 Å². The van der Waals surface area contributed by atoms with Gasteiger partial charge in [-0.05, 0) is 80.0 Å². The topological polar surface area (TPSA) is 20.2 Å². The molecular formula is C33H22OS2. The molecule has 0 fully saturated rings. The van der Waals surface area contributed by atoms with Crippen LogP contribution in [-0.4, -0.2) is 5.11 Å². The predicted octanol–water partition coefficient (Wildman–Crippen LogP) is 9.21. The molecular weight excluding hydrogens is 476 g/mol.